The Morgan fingerprint density at radius 2 is 1.72 bits per heavy atom. The summed E-state index contributed by atoms with van der Waals surface area (Å²) in [7, 11) is -2.28. The van der Waals surface area contributed by atoms with E-state index in [1.165, 1.54) is 18.0 Å². The predicted molar refractivity (Wildman–Crippen MR) is 128 cm³/mol. The molecule has 2 aromatic rings. The third-order valence-electron chi connectivity index (χ3n) is 5.23. The molecule has 2 rings (SSSR count). The number of carbonyl (C=O) groups excluding carboxylic acids is 2. The number of benzene rings is 2. The lowest BCUT2D eigenvalue weighted by Crippen LogP contribution is -2.51. The van der Waals surface area contributed by atoms with Crippen molar-refractivity contribution in [2.75, 3.05) is 24.2 Å². The largest absolute Gasteiger partial charge is 0.357 e. The van der Waals surface area contributed by atoms with E-state index in [9.17, 15) is 18.0 Å². The molecule has 0 aliphatic rings. The van der Waals surface area contributed by atoms with Gasteiger partial charge in [-0.05, 0) is 43.5 Å². The molecule has 9 heteroatoms. The lowest BCUT2D eigenvalue weighted by Gasteiger charge is -2.32. The minimum Gasteiger partial charge on any atom is -0.357 e. The number of likely N-dealkylation sites (N-methyl/N-ethyl adjacent to an activating group) is 1. The maximum absolute atomic E-state index is 13.4. The van der Waals surface area contributed by atoms with E-state index in [1.807, 2.05) is 38.1 Å². The molecule has 0 heterocycles. The third-order valence-corrected chi connectivity index (χ3v) is 6.78. The molecule has 0 radical (unpaired) electrons. The van der Waals surface area contributed by atoms with Crippen LogP contribution in [0.3, 0.4) is 0 Å². The highest BCUT2D eigenvalue weighted by Gasteiger charge is 2.31. The fourth-order valence-electron chi connectivity index (χ4n) is 3.33. The van der Waals surface area contributed by atoms with Crippen LogP contribution in [0.15, 0.2) is 42.5 Å². The van der Waals surface area contributed by atoms with Gasteiger partial charge in [0, 0.05) is 18.6 Å². The van der Waals surface area contributed by atoms with Crippen LogP contribution in [-0.2, 0) is 26.2 Å². The summed E-state index contributed by atoms with van der Waals surface area (Å²) in [4.78, 5) is 27.4. The fraction of sp³-hybridized carbons (Fsp3) is 0.391. The molecule has 0 saturated heterocycles. The number of amides is 2. The van der Waals surface area contributed by atoms with Crippen LogP contribution >= 0.6 is 11.6 Å². The summed E-state index contributed by atoms with van der Waals surface area (Å²) in [6, 6.07) is 11.7. The van der Waals surface area contributed by atoms with Gasteiger partial charge in [0.25, 0.3) is 0 Å². The van der Waals surface area contributed by atoms with Gasteiger partial charge in [-0.1, -0.05) is 54.4 Å². The van der Waals surface area contributed by atoms with Gasteiger partial charge in [-0.2, -0.15) is 0 Å². The predicted octanol–water partition coefficient (Wildman–Crippen LogP) is 3.28. The highest BCUT2D eigenvalue weighted by molar-refractivity contribution is 7.92. The quantitative estimate of drug-likeness (QED) is 0.598. The number of rotatable bonds is 9. The summed E-state index contributed by atoms with van der Waals surface area (Å²) in [6.07, 6.45) is 1.42. The smallest absolute Gasteiger partial charge is 0.244 e. The zero-order valence-electron chi connectivity index (χ0n) is 19.1. The Morgan fingerprint density at radius 3 is 2.22 bits per heavy atom. The second-order valence-corrected chi connectivity index (χ2v) is 10.1. The van der Waals surface area contributed by atoms with Crippen molar-refractivity contribution in [3.63, 3.8) is 0 Å². The average molecular weight is 480 g/mol. The molecular weight excluding hydrogens is 450 g/mol. The Morgan fingerprint density at radius 1 is 1.09 bits per heavy atom. The summed E-state index contributed by atoms with van der Waals surface area (Å²) in [5.74, 6) is -0.791. The van der Waals surface area contributed by atoms with E-state index >= 15 is 0 Å². The number of hydrogen-bond donors (Lipinski definition) is 1. The number of aryl methyl sites for hydroxylation is 2. The number of carbonyl (C=O) groups is 2. The first-order valence-electron chi connectivity index (χ1n) is 10.3. The molecule has 7 nitrogen and oxygen atoms in total. The molecule has 0 aliphatic heterocycles. The molecular formula is C23H30ClN3O4S. The van der Waals surface area contributed by atoms with Crippen LogP contribution in [0, 0.1) is 13.8 Å². The fourth-order valence-corrected chi connectivity index (χ4v) is 4.34. The molecule has 0 aromatic heterocycles. The van der Waals surface area contributed by atoms with Crippen molar-refractivity contribution in [1.29, 1.82) is 0 Å². The van der Waals surface area contributed by atoms with E-state index in [0.717, 1.165) is 27.3 Å². The topological polar surface area (TPSA) is 86.8 Å². The average Bonchev–Trinajstić information content (AvgIpc) is 2.74. The Labute approximate surface area is 195 Å². The molecule has 174 valence electrons. The lowest BCUT2D eigenvalue weighted by molar-refractivity contribution is -0.140. The number of nitrogens with one attached hydrogen (secondary N) is 1. The van der Waals surface area contributed by atoms with Gasteiger partial charge in [0.15, 0.2) is 0 Å². The first-order valence-corrected chi connectivity index (χ1v) is 12.5. The van der Waals surface area contributed by atoms with Gasteiger partial charge < -0.3 is 10.2 Å². The summed E-state index contributed by atoms with van der Waals surface area (Å²) < 4.78 is 26.1. The van der Waals surface area contributed by atoms with Gasteiger partial charge in [0.05, 0.1) is 11.9 Å². The summed E-state index contributed by atoms with van der Waals surface area (Å²) in [5.41, 5.74) is 3.00. The van der Waals surface area contributed by atoms with Crippen molar-refractivity contribution in [1.82, 2.24) is 10.2 Å². The Kier molecular flexibility index (Phi) is 8.69. The normalized spacial score (nSPS) is 12.2. The number of anilines is 1. The number of nitrogens with zero attached hydrogens (tertiary/aromatic N) is 2. The van der Waals surface area contributed by atoms with Crippen LogP contribution in [-0.4, -0.2) is 51.0 Å². The second-order valence-electron chi connectivity index (χ2n) is 7.75. The molecule has 2 aromatic carbocycles. The van der Waals surface area contributed by atoms with Gasteiger partial charge in [-0.3, -0.25) is 13.9 Å². The van der Waals surface area contributed by atoms with Gasteiger partial charge in [-0.15, -0.1) is 0 Å². The minimum atomic E-state index is -3.79. The van der Waals surface area contributed by atoms with E-state index in [1.54, 1.807) is 19.1 Å². The van der Waals surface area contributed by atoms with Gasteiger partial charge in [0.2, 0.25) is 21.8 Å². The molecule has 0 aliphatic carbocycles. The summed E-state index contributed by atoms with van der Waals surface area (Å²) in [6.45, 7) is 5.31. The Bertz CT molecular complexity index is 1070. The first kappa shape index (κ1) is 25.7. The number of hydrogen-bond acceptors (Lipinski definition) is 4. The zero-order valence-corrected chi connectivity index (χ0v) is 20.6. The van der Waals surface area contributed by atoms with E-state index in [2.05, 4.69) is 5.32 Å². The number of sulfonamides is 1. The zero-order chi connectivity index (χ0) is 24.1. The second kappa shape index (κ2) is 10.8. The van der Waals surface area contributed by atoms with Crippen LogP contribution in [0.2, 0.25) is 5.02 Å². The van der Waals surface area contributed by atoms with Crippen molar-refractivity contribution < 1.29 is 18.0 Å². The van der Waals surface area contributed by atoms with Crippen LogP contribution in [0.4, 0.5) is 5.69 Å². The van der Waals surface area contributed by atoms with Gasteiger partial charge in [-0.25, -0.2) is 8.42 Å². The Balaban J connectivity index is 2.43. The molecule has 2 amide bonds. The van der Waals surface area contributed by atoms with Gasteiger partial charge in [0.1, 0.15) is 12.6 Å². The Hall–Kier alpha value is -2.58. The first-order chi connectivity index (χ1) is 15.0. The van der Waals surface area contributed by atoms with E-state index in [-0.39, 0.29) is 12.5 Å². The van der Waals surface area contributed by atoms with Crippen LogP contribution in [0.1, 0.15) is 30.0 Å². The highest BCUT2D eigenvalue weighted by atomic mass is 35.5. The molecule has 0 fully saturated rings. The summed E-state index contributed by atoms with van der Waals surface area (Å²) >= 11 is 6.19. The van der Waals surface area contributed by atoms with E-state index in [4.69, 9.17) is 11.6 Å². The van der Waals surface area contributed by atoms with Crippen molar-refractivity contribution in [3.05, 3.63) is 64.2 Å². The SMILES string of the molecule is CCC(C(=O)NC)N(Cc1ccc(C)cc1)C(=O)CN(c1ccc(C)c(Cl)c1)S(C)(=O)=O. The maximum Gasteiger partial charge on any atom is 0.244 e. The molecule has 1 N–H and O–H groups in total. The van der Waals surface area contributed by atoms with Crippen LogP contribution in [0.25, 0.3) is 0 Å². The van der Waals surface area contributed by atoms with E-state index in [0.29, 0.717) is 17.1 Å². The van der Waals surface area contributed by atoms with E-state index < -0.39 is 28.5 Å². The molecule has 0 bridgehead atoms. The van der Waals surface area contributed by atoms with Gasteiger partial charge >= 0.3 is 0 Å². The molecule has 32 heavy (non-hydrogen) atoms. The van der Waals surface area contributed by atoms with Crippen molar-refractivity contribution in [3.8, 4) is 0 Å². The number of halogens is 1. The highest BCUT2D eigenvalue weighted by Crippen LogP contribution is 2.25. The van der Waals surface area contributed by atoms with Crippen LogP contribution in [0.5, 0.6) is 0 Å². The van der Waals surface area contributed by atoms with Crippen molar-refractivity contribution in [2.24, 2.45) is 0 Å². The maximum atomic E-state index is 13.4. The lowest BCUT2D eigenvalue weighted by atomic mass is 10.1. The molecule has 1 atom stereocenters. The minimum absolute atomic E-state index is 0.178. The van der Waals surface area contributed by atoms with Crippen molar-refractivity contribution in [2.45, 2.75) is 39.8 Å². The molecule has 1 unspecified atom stereocenters. The third kappa shape index (κ3) is 6.46. The van der Waals surface area contributed by atoms with Crippen molar-refractivity contribution >= 4 is 39.1 Å². The summed E-state index contributed by atoms with van der Waals surface area (Å²) in [5, 5.41) is 2.99. The standard InChI is InChI=1S/C23H30ClN3O4S/c1-6-21(23(29)25-4)26(14-18-10-7-16(2)8-11-18)22(28)15-27(32(5,30)31)19-12-9-17(3)20(24)13-19/h7-13,21H,6,14-15H2,1-5H3,(H,25,29). The molecule has 0 saturated carbocycles. The van der Waals surface area contributed by atoms with Crippen LogP contribution < -0.4 is 9.62 Å². The monoisotopic (exact) mass is 479 g/mol. The molecule has 0 spiro atoms.